The highest BCUT2D eigenvalue weighted by Crippen LogP contribution is 2.15. The number of nitrogens with zero attached hydrogens (tertiary/aromatic N) is 1. The van der Waals surface area contributed by atoms with E-state index in [1.165, 1.54) is 0 Å². The Labute approximate surface area is 111 Å². The largest absolute Gasteiger partial charge is 0.484 e. The van der Waals surface area contributed by atoms with Crippen LogP contribution in [-0.4, -0.2) is 43.0 Å². The lowest BCUT2D eigenvalue weighted by molar-refractivity contribution is -0.134. The Morgan fingerprint density at radius 3 is 2.84 bits per heavy atom. The number of amides is 1. The minimum Gasteiger partial charge on any atom is -0.484 e. The number of hydrogen-bond acceptors (Lipinski definition) is 3. The monoisotopic (exact) mass is 265 g/mol. The van der Waals surface area contributed by atoms with Gasteiger partial charge in [-0.3, -0.25) is 9.59 Å². The highest BCUT2D eigenvalue weighted by molar-refractivity contribution is 5.78. The van der Waals surface area contributed by atoms with Crippen molar-refractivity contribution in [3.8, 4) is 5.75 Å². The third kappa shape index (κ3) is 3.77. The van der Waals surface area contributed by atoms with Crippen LogP contribution in [0.1, 0.15) is 23.2 Å². The lowest BCUT2D eigenvalue weighted by Gasteiger charge is -2.28. The van der Waals surface area contributed by atoms with Crippen molar-refractivity contribution in [3.05, 3.63) is 29.8 Å². The predicted octanol–water partition coefficient (Wildman–Crippen LogP) is 1.84. The Bertz CT molecular complexity index is 456. The second-order valence-electron chi connectivity index (χ2n) is 4.53. The van der Waals surface area contributed by atoms with Gasteiger partial charge >= 0.3 is 0 Å². The smallest absolute Gasteiger partial charge is 0.260 e. The summed E-state index contributed by atoms with van der Waals surface area (Å²) in [6.45, 7) is 0.800. The fraction of sp³-hybridized carbons (Fsp3) is 0.429. The molecule has 0 unspecified atom stereocenters. The Kier molecular flexibility index (Phi) is 4.49. The summed E-state index contributed by atoms with van der Waals surface area (Å²) in [6, 6.07) is 6.62. The van der Waals surface area contributed by atoms with Crippen molar-refractivity contribution in [2.75, 3.05) is 19.7 Å². The van der Waals surface area contributed by atoms with Gasteiger partial charge in [0.25, 0.3) is 5.91 Å². The molecule has 5 heteroatoms. The highest BCUT2D eigenvalue weighted by atomic mass is 19.1. The molecule has 1 aromatic carbocycles. The van der Waals surface area contributed by atoms with Crippen molar-refractivity contribution in [2.45, 2.75) is 19.0 Å². The highest BCUT2D eigenvalue weighted by Gasteiger charge is 2.22. The molecule has 0 bridgehead atoms. The molecular weight excluding hydrogens is 249 g/mol. The van der Waals surface area contributed by atoms with Gasteiger partial charge in [0.2, 0.25) is 0 Å². The molecule has 0 N–H and O–H groups in total. The summed E-state index contributed by atoms with van der Waals surface area (Å²) in [5.41, 5.74) is 0.503. The first-order chi connectivity index (χ1) is 9.19. The Hall–Kier alpha value is -1.91. The number of benzene rings is 1. The van der Waals surface area contributed by atoms with Crippen LogP contribution in [0.15, 0.2) is 24.3 Å². The molecule has 0 spiro atoms. The summed E-state index contributed by atoms with van der Waals surface area (Å²) in [4.78, 5) is 24.1. The van der Waals surface area contributed by atoms with Crippen LogP contribution in [0.25, 0.3) is 0 Å². The summed E-state index contributed by atoms with van der Waals surface area (Å²) in [5, 5.41) is 0. The van der Waals surface area contributed by atoms with Gasteiger partial charge in [-0.2, -0.15) is 0 Å². The number of aldehydes is 1. The van der Waals surface area contributed by atoms with E-state index in [2.05, 4.69) is 0 Å². The topological polar surface area (TPSA) is 46.6 Å². The third-order valence-electron chi connectivity index (χ3n) is 3.13. The number of hydrogen-bond donors (Lipinski definition) is 0. The summed E-state index contributed by atoms with van der Waals surface area (Å²) in [5.74, 6) is 0.335. The number of likely N-dealkylation sites (tertiary alicyclic amines) is 1. The van der Waals surface area contributed by atoms with Crippen molar-refractivity contribution in [1.29, 1.82) is 0 Å². The summed E-state index contributed by atoms with van der Waals surface area (Å²) >= 11 is 0. The number of halogens is 1. The maximum absolute atomic E-state index is 13.0. The summed E-state index contributed by atoms with van der Waals surface area (Å²) in [6.07, 6.45) is 0.716. The zero-order chi connectivity index (χ0) is 13.7. The molecule has 1 aliphatic rings. The van der Waals surface area contributed by atoms with E-state index in [0.29, 0.717) is 37.2 Å². The van der Waals surface area contributed by atoms with E-state index in [9.17, 15) is 14.0 Å². The zero-order valence-corrected chi connectivity index (χ0v) is 10.5. The first-order valence-electron chi connectivity index (χ1n) is 6.29. The van der Waals surface area contributed by atoms with E-state index >= 15 is 0 Å². The van der Waals surface area contributed by atoms with E-state index in [4.69, 9.17) is 4.74 Å². The van der Waals surface area contributed by atoms with E-state index in [-0.39, 0.29) is 12.5 Å². The number of piperidine rings is 1. The molecule has 1 heterocycles. The van der Waals surface area contributed by atoms with Crippen molar-refractivity contribution in [1.82, 2.24) is 4.90 Å². The zero-order valence-electron chi connectivity index (χ0n) is 10.5. The van der Waals surface area contributed by atoms with Crippen LogP contribution >= 0.6 is 0 Å². The molecule has 19 heavy (non-hydrogen) atoms. The molecule has 1 fully saturated rings. The van der Waals surface area contributed by atoms with Gasteiger partial charge in [0.05, 0.1) is 0 Å². The fourth-order valence-corrected chi connectivity index (χ4v) is 2.01. The van der Waals surface area contributed by atoms with Gasteiger partial charge in [-0.05, 0) is 25.0 Å². The van der Waals surface area contributed by atoms with E-state index in [0.717, 1.165) is 6.29 Å². The lowest BCUT2D eigenvalue weighted by Crippen LogP contribution is -2.41. The van der Waals surface area contributed by atoms with E-state index in [1.807, 2.05) is 0 Å². The molecule has 0 saturated carbocycles. The maximum Gasteiger partial charge on any atom is 0.260 e. The average Bonchev–Trinajstić information content (AvgIpc) is 2.46. The van der Waals surface area contributed by atoms with Crippen molar-refractivity contribution in [3.63, 3.8) is 0 Å². The normalized spacial score (nSPS) is 16.2. The second kappa shape index (κ2) is 6.31. The molecule has 1 aliphatic heterocycles. The molecule has 2 rings (SSSR count). The quantitative estimate of drug-likeness (QED) is 0.780. The van der Waals surface area contributed by atoms with Gasteiger partial charge < -0.3 is 9.64 Å². The number of carbonyl (C=O) groups is 2. The van der Waals surface area contributed by atoms with Crippen molar-refractivity contribution >= 4 is 12.2 Å². The standard InChI is InChI=1S/C14H16FNO3/c15-12-4-6-16(7-5-12)14(18)10-19-13-3-1-2-11(8-13)9-17/h1-3,8-9,12H,4-7,10H2. The minimum atomic E-state index is -0.797. The first-order valence-corrected chi connectivity index (χ1v) is 6.29. The molecule has 0 aromatic heterocycles. The van der Waals surface area contributed by atoms with E-state index in [1.54, 1.807) is 29.2 Å². The number of carbonyl (C=O) groups excluding carboxylic acids is 2. The van der Waals surface area contributed by atoms with Gasteiger partial charge in [-0.1, -0.05) is 12.1 Å². The van der Waals surface area contributed by atoms with Crippen LogP contribution in [0.5, 0.6) is 5.75 Å². The van der Waals surface area contributed by atoms with Gasteiger partial charge in [-0.15, -0.1) is 0 Å². The SMILES string of the molecule is O=Cc1cccc(OCC(=O)N2CCC(F)CC2)c1. The number of rotatable bonds is 4. The van der Waals surface area contributed by atoms with Crippen LogP contribution in [-0.2, 0) is 4.79 Å². The Morgan fingerprint density at radius 1 is 1.42 bits per heavy atom. The number of ether oxygens (including phenoxy) is 1. The minimum absolute atomic E-state index is 0.0841. The average molecular weight is 265 g/mol. The summed E-state index contributed by atoms with van der Waals surface area (Å²) < 4.78 is 18.3. The third-order valence-corrected chi connectivity index (χ3v) is 3.13. The van der Waals surface area contributed by atoms with Gasteiger partial charge in [0, 0.05) is 18.7 Å². The molecule has 102 valence electrons. The first kappa shape index (κ1) is 13.5. The van der Waals surface area contributed by atoms with Crippen LogP contribution in [0, 0.1) is 0 Å². The molecule has 1 amide bonds. The molecule has 1 aromatic rings. The Morgan fingerprint density at radius 2 is 2.16 bits per heavy atom. The number of alkyl halides is 1. The second-order valence-corrected chi connectivity index (χ2v) is 4.53. The molecular formula is C14H16FNO3. The van der Waals surface area contributed by atoms with Crippen LogP contribution in [0.2, 0.25) is 0 Å². The van der Waals surface area contributed by atoms with Gasteiger partial charge in [-0.25, -0.2) is 4.39 Å². The van der Waals surface area contributed by atoms with Crippen LogP contribution in [0.4, 0.5) is 4.39 Å². The van der Waals surface area contributed by atoms with Gasteiger partial charge in [0.15, 0.2) is 6.61 Å². The van der Waals surface area contributed by atoms with E-state index < -0.39 is 6.17 Å². The Balaban J connectivity index is 1.84. The maximum atomic E-state index is 13.0. The predicted molar refractivity (Wildman–Crippen MR) is 68.0 cm³/mol. The van der Waals surface area contributed by atoms with Crippen LogP contribution < -0.4 is 4.74 Å². The van der Waals surface area contributed by atoms with Crippen molar-refractivity contribution < 1.29 is 18.7 Å². The molecule has 0 radical (unpaired) electrons. The van der Waals surface area contributed by atoms with Crippen molar-refractivity contribution in [2.24, 2.45) is 0 Å². The molecule has 0 aliphatic carbocycles. The lowest BCUT2D eigenvalue weighted by atomic mass is 10.1. The molecule has 4 nitrogen and oxygen atoms in total. The molecule has 0 atom stereocenters. The summed E-state index contributed by atoms with van der Waals surface area (Å²) in [7, 11) is 0. The van der Waals surface area contributed by atoms with Crippen LogP contribution in [0.3, 0.4) is 0 Å². The van der Waals surface area contributed by atoms with Gasteiger partial charge in [0.1, 0.15) is 18.2 Å². The molecule has 1 saturated heterocycles. The fourth-order valence-electron chi connectivity index (χ4n) is 2.01.